The second kappa shape index (κ2) is 4.57. The van der Waals surface area contributed by atoms with Crippen molar-refractivity contribution in [2.24, 2.45) is 7.05 Å². The van der Waals surface area contributed by atoms with Gasteiger partial charge in [-0.15, -0.1) is 0 Å². The number of anilines is 1. The van der Waals surface area contributed by atoms with Crippen LogP contribution in [0, 0.1) is 5.82 Å². The van der Waals surface area contributed by atoms with E-state index < -0.39 is 0 Å². The van der Waals surface area contributed by atoms with Gasteiger partial charge >= 0.3 is 0 Å². The van der Waals surface area contributed by atoms with Gasteiger partial charge in [-0.05, 0) is 17.7 Å². The molecule has 1 aromatic carbocycles. The van der Waals surface area contributed by atoms with Gasteiger partial charge in [-0.25, -0.2) is 9.37 Å². The molecule has 0 fully saturated rings. The average Bonchev–Trinajstić information content (AvgIpc) is 2.66. The molecule has 5 heteroatoms. The number of nitrogens with zero attached hydrogens (tertiary/aromatic N) is 2. The number of aromatic nitrogens is 2. The highest BCUT2D eigenvalue weighted by atomic mass is 32.2. The molecule has 2 rings (SSSR count). The summed E-state index contributed by atoms with van der Waals surface area (Å²) in [6.45, 7) is 0. The Morgan fingerprint density at radius 3 is 2.94 bits per heavy atom. The van der Waals surface area contributed by atoms with E-state index >= 15 is 0 Å². The lowest BCUT2D eigenvalue weighted by molar-refractivity contribution is 0.631. The van der Waals surface area contributed by atoms with Crippen molar-refractivity contribution < 1.29 is 4.39 Å². The van der Waals surface area contributed by atoms with Gasteiger partial charge in [0.2, 0.25) is 0 Å². The zero-order valence-electron chi connectivity index (χ0n) is 8.85. The third-order valence-corrected chi connectivity index (χ3v) is 3.34. The minimum atomic E-state index is -0.363. The van der Waals surface area contributed by atoms with Crippen LogP contribution in [0.15, 0.2) is 35.7 Å². The molecule has 0 atom stereocenters. The Balaban J connectivity index is 2.05. The fourth-order valence-corrected chi connectivity index (χ4v) is 2.17. The molecule has 0 aliphatic carbocycles. The van der Waals surface area contributed by atoms with Gasteiger partial charge in [-0.1, -0.05) is 17.8 Å². The maximum atomic E-state index is 13.2. The molecule has 0 aliphatic rings. The summed E-state index contributed by atoms with van der Waals surface area (Å²) in [6.07, 6.45) is 3.62. The maximum Gasteiger partial charge on any atom is 0.167 e. The predicted octanol–water partition coefficient (Wildman–Crippen LogP) is 2.43. The van der Waals surface area contributed by atoms with Crippen molar-refractivity contribution in [2.45, 2.75) is 10.9 Å². The van der Waals surface area contributed by atoms with Gasteiger partial charge in [-0.3, -0.25) is 0 Å². The number of hydrogen-bond acceptors (Lipinski definition) is 3. The van der Waals surface area contributed by atoms with Crippen molar-refractivity contribution in [1.29, 1.82) is 0 Å². The molecule has 1 aromatic heterocycles. The lowest BCUT2D eigenvalue weighted by Gasteiger charge is -2.03. The molecule has 0 radical (unpaired) electrons. The van der Waals surface area contributed by atoms with Gasteiger partial charge in [0.05, 0.1) is 5.69 Å². The molecule has 16 heavy (non-hydrogen) atoms. The monoisotopic (exact) mass is 237 g/mol. The zero-order valence-corrected chi connectivity index (χ0v) is 9.67. The number of nitrogens with two attached hydrogens (primary N) is 1. The number of hydrogen-bond donors (Lipinski definition) is 1. The second-order valence-electron chi connectivity index (χ2n) is 3.47. The minimum Gasteiger partial charge on any atom is -0.396 e. The molecule has 0 spiro atoms. The molecule has 84 valence electrons. The van der Waals surface area contributed by atoms with Crippen molar-refractivity contribution in [1.82, 2.24) is 9.55 Å². The smallest absolute Gasteiger partial charge is 0.167 e. The second-order valence-corrected chi connectivity index (χ2v) is 4.41. The first-order valence-electron chi connectivity index (χ1n) is 4.81. The molecule has 2 aromatic rings. The molecular weight excluding hydrogens is 225 g/mol. The first-order chi connectivity index (χ1) is 7.66. The molecule has 2 N–H and O–H groups in total. The van der Waals surface area contributed by atoms with E-state index in [4.69, 9.17) is 5.73 Å². The first kappa shape index (κ1) is 11.0. The van der Waals surface area contributed by atoms with Crippen molar-refractivity contribution in [3.8, 4) is 0 Å². The summed E-state index contributed by atoms with van der Waals surface area (Å²) < 4.78 is 15.1. The van der Waals surface area contributed by atoms with Crippen LogP contribution in [-0.2, 0) is 12.8 Å². The van der Waals surface area contributed by atoms with E-state index in [1.807, 2.05) is 23.9 Å². The van der Waals surface area contributed by atoms with E-state index in [0.717, 1.165) is 10.7 Å². The van der Waals surface area contributed by atoms with E-state index in [2.05, 4.69) is 4.98 Å². The number of benzene rings is 1. The summed E-state index contributed by atoms with van der Waals surface area (Å²) in [7, 11) is 1.93. The minimum absolute atomic E-state index is 0.186. The Bertz CT molecular complexity index is 496. The Morgan fingerprint density at radius 1 is 1.50 bits per heavy atom. The van der Waals surface area contributed by atoms with Gasteiger partial charge in [0, 0.05) is 25.2 Å². The molecule has 0 aliphatic heterocycles. The Hall–Kier alpha value is -1.49. The van der Waals surface area contributed by atoms with Gasteiger partial charge in [0.25, 0.3) is 0 Å². The van der Waals surface area contributed by atoms with Crippen LogP contribution in [-0.4, -0.2) is 9.55 Å². The number of thioether (sulfide) groups is 1. The standard InChI is InChI=1S/C11H12FN3S/c1-15-5-4-14-11(15)16-7-8-2-3-10(13)9(12)6-8/h2-6H,7,13H2,1H3. The highest BCUT2D eigenvalue weighted by molar-refractivity contribution is 7.98. The number of rotatable bonds is 3. The highest BCUT2D eigenvalue weighted by Gasteiger charge is 2.03. The normalized spacial score (nSPS) is 10.6. The number of halogens is 1. The van der Waals surface area contributed by atoms with Crippen LogP contribution in [0.1, 0.15) is 5.56 Å². The molecular formula is C11H12FN3S. The van der Waals surface area contributed by atoms with E-state index in [1.165, 1.54) is 6.07 Å². The fourth-order valence-electron chi connectivity index (χ4n) is 1.30. The van der Waals surface area contributed by atoms with E-state index in [-0.39, 0.29) is 11.5 Å². The van der Waals surface area contributed by atoms with Crippen molar-refractivity contribution >= 4 is 17.4 Å². The van der Waals surface area contributed by atoms with Crippen LogP contribution >= 0.6 is 11.8 Å². The highest BCUT2D eigenvalue weighted by Crippen LogP contribution is 2.22. The predicted molar refractivity (Wildman–Crippen MR) is 63.6 cm³/mol. The maximum absolute atomic E-state index is 13.2. The van der Waals surface area contributed by atoms with Crippen LogP contribution in [0.3, 0.4) is 0 Å². The van der Waals surface area contributed by atoms with Gasteiger partial charge in [-0.2, -0.15) is 0 Å². The fraction of sp³-hybridized carbons (Fsp3) is 0.182. The largest absolute Gasteiger partial charge is 0.396 e. The Kier molecular flexibility index (Phi) is 3.14. The van der Waals surface area contributed by atoms with Crippen LogP contribution in [0.5, 0.6) is 0 Å². The van der Waals surface area contributed by atoms with Gasteiger partial charge in [0.1, 0.15) is 5.82 Å². The lowest BCUT2D eigenvalue weighted by Crippen LogP contribution is -1.93. The van der Waals surface area contributed by atoms with Crippen molar-refractivity contribution in [2.75, 3.05) is 5.73 Å². The Labute approximate surface area is 97.5 Å². The molecule has 0 saturated carbocycles. The summed E-state index contributed by atoms with van der Waals surface area (Å²) in [5.74, 6) is 0.320. The number of imidazole rings is 1. The molecule has 3 nitrogen and oxygen atoms in total. The van der Waals surface area contributed by atoms with Crippen LogP contribution < -0.4 is 5.73 Å². The first-order valence-corrected chi connectivity index (χ1v) is 5.79. The third kappa shape index (κ3) is 2.36. The molecule has 0 unspecified atom stereocenters. The molecule has 1 heterocycles. The van der Waals surface area contributed by atoms with Gasteiger partial charge < -0.3 is 10.3 Å². The van der Waals surface area contributed by atoms with Crippen molar-refractivity contribution in [3.05, 3.63) is 42.0 Å². The SMILES string of the molecule is Cn1ccnc1SCc1ccc(N)c(F)c1. The number of nitrogen functional groups attached to an aromatic ring is 1. The number of aryl methyl sites for hydroxylation is 1. The molecule has 0 saturated heterocycles. The zero-order chi connectivity index (χ0) is 11.5. The molecule has 0 bridgehead atoms. The van der Waals surface area contributed by atoms with Crippen molar-refractivity contribution in [3.63, 3.8) is 0 Å². The van der Waals surface area contributed by atoms with E-state index in [9.17, 15) is 4.39 Å². The van der Waals surface area contributed by atoms with Crippen LogP contribution in [0.25, 0.3) is 0 Å². The summed E-state index contributed by atoms with van der Waals surface area (Å²) in [6, 6.07) is 4.88. The Morgan fingerprint density at radius 2 is 2.31 bits per heavy atom. The van der Waals surface area contributed by atoms with Gasteiger partial charge in [0.15, 0.2) is 5.16 Å². The lowest BCUT2D eigenvalue weighted by atomic mass is 10.2. The topological polar surface area (TPSA) is 43.8 Å². The quantitative estimate of drug-likeness (QED) is 0.658. The molecule has 0 amide bonds. The third-order valence-electron chi connectivity index (χ3n) is 2.21. The summed E-state index contributed by atoms with van der Waals surface area (Å²) >= 11 is 1.57. The van der Waals surface area contributed by atoms with Crippen LogP contribution in [0.2, 0.25) is 0 Å². The van der Waals surface area contributed by atoms with E-state index in [1.54, 1.807) is 24.0 Å². The summed E-state index contributed by atoms with van der Waals surface area (Å²) in [4.78, 5) is 4.18. The van der Waals surface area contributed by atoms with Crippen LogP contribution in [0.4, 0.5) is 10.1 Å². The average molecular weight is 237 g/mol. The van der Waals surface area contributed by atoms with E-state index in [0.29, 0.717) is 5.75 Å². The summed E-state index contributed by atoms with van der Waals surface area (Å²) in [5, 5.41) is 0.914. The summed E-state index contributed by atoms with van der Waals surface area (Å²) in [5.41, 5.74) is 6.49.